The maximum Gasteiger partial charge on any atom is 0.166 e. The molecule has 13 heteroatoms. The topological polar surface area (TPSA) is 116 Å². The molecule has 0 amide bonds. The summed E-state index contributed by atoms with van der Waals surface area (Å²) in [6, 6.07) is 8.33. The molecule has 11 nitrogen and oxygen atoms in total. The van der Waals surface area contributed by atoms with Crippen molar-refractivity contribution >= 4 is 27.3 Å². The minimum Gasteiger partial charge on any atom is -0.453 e. The number of benzene rings is 1. The van der Waals surface area contributed by atoms with E-state index >= 15 is 0 Å². The minimum absolute atomic E-state index is 0.0973. The third kappa shape index (κ3) is 10.6. The largest absolute Gasteiger partial charge is 0.453 e. The highest BCUT2D eigenvalue weighted by Gasteiger charge is 2.24. The molecule has 4 aromatic rings. The molecule has 0 bridgehead atoms. The zero-order valence-corrected chi connectivity index (χ0v) is 26.3. The summed E-state index contributed by atoms with van der Waals surface area (Å²) < 4.78 is 50.2. The van der Waals surface area contributed by atoms with Crippen molar-refractivity contribution in [2.45, 2.75) is 32.2 Å². The Balaban J connectivity index is 1.04. The molecule has 45 heavy (non-hydrogen) atoms. The van der Waals surface area contributed by atoms with E-state index < -0.39 is 5.82 Å². The fraction of sp³-hybridized carbons (Fsp3) is 0.500. The van der Waals surface area contributed by atoms with Crippen molar-refractivity contribution in [2.75, 3.05) is 66.6 Å². The molecule has 0 atom stereocenters. The number of ether oxygens (including phenoxy) is 6. The molecule has 0 saturated heterocycles. The fourth-order valence-electron chi connectivity index (χ4n) is 4.50. The first kappa shape index (κ1) is 33.0. The van der Waals surface area contributed by atoms with Gasteiger partial charge in [-0.2, -0.15) is 0 Å². The van der Waals surface area contributed by atoms with Crippen LogP contribution in [0.2, 0.25) is 0 Å². The van der Waals surface area contributed by atoms with E-state index in [0.29, 0.717) is 101 Å². The Bertz CT molecular complexity index is 1510. The Kier molecular flexibility index (Phi) is 12.8. The third-order valence-corrected chi connectivity index (χ3v) is 8.17. The summed E-state index contributed by atoms with van der Waals surface area (Å²) in [6.07, 6.45) is 6.54. The van der Waals surface area contributed by atoms with Crippen LogP contribution < -0.4 is 4.74 Å². The zero-order chi connectivity index (χ0) is 31.3. The molecule has 5 rings (SSSR count). The van der Waals surface area contributed by atoms with Crippen LogP contribution in [0.1, 0.15) is 24.8 Å². The first-order valence-electron chi connectivity index (χ1n) is 15.2. The highest BCUT2D eigenvalue weighted by molar-refractivity contribution is 7.22. The number of pyridine rings is 1. The lowest BCUT2D eigenvalue weighted by Crippen LogP contribution is -2.14. The van der Waals surface area contributed by atoms with Crippen LogP contribution in [0, 0.1) is 11.7 Å². The second kappa shape index (κ2) is 17.4. The summed E-state index contributed by atoms with van der Waals surface area (Å²) in [5.74, 6) is 0.754. The number of thiophene rings is 1. The number of aromatic nitrogens is 4. The number of carbonyl (C=O) groups excluding carboxylic acids is 1. The second-order valence-electron chi connectivity index (χ2n) is 10.7. The maximum atomic E-state index is 14.9. The van der Waals surface area contributed by atoms with Gasteiger partial charge in [0.1, 0.15) is 17.2 Å². The number of methoxy groups -OCH3 is 1. The number of fused-ring (bicyclic) bond motifs is 1. The quantitative estimate of drug-likeness (QED) is 0.107. The molecular formula is C32H39FN4O7S. The van der Waals surface area contributed by atoms with Crippen molar-refractivity contribution in [1.82, 2.24) is 20.0 Å². The van der Waals surface area contributed by atoms with Crippen LogP contribution in [-0.2, 0) is 41.4 Å². The van der Waals surface area contributed by atoms with Crippen LogP contribution >= 0.6 is 11.3 Å². The van der Waals surface area contributed by atoms with E-state index in [-0.39, 0.29) is 18.0 Å². The standard InChI is InChI=1S/C32H39FN4O7S/c1-39-10-11-41-14-15-43-17-16-42-13-12-40-9-8-37-22-28(35-36-37)31-21-27-32(45-31)30(6-7-34-27)44-29-5-4-24(20-26(29)33)19-25(38)18-23-2-3-23/h4-7,20-23H,2-3,8-19H2,1H3. The van der Waals surface area contributed by atoms with Crippen LogP contribution in [0.15, 0.2) is 42.7 Å². The number of nitrogens with zero attached hydrogens (tertiary/aromatic N) is 4. The Hall–Kier alpha value is -3.33. The fourth-order valence-corrected chi connectivity index (χ4v) is 5.52. The van der Waals surface area contributed by atoms with Crippen LogP contribution in [0.4, 0.5) is 4.39 Å². The summed E-state index contributed by atoms with van der Waals surface area (Å²) >= 11 is 1.45. The van der Waals surface area contributed by atoms with E-state index in [1.165, 1.54) is 17.4 Å². The monoisotopic (exact) mass is 642 g/mol. The van der Waals surface area contributed by atoms with Gasteiger partial charge < -0.3 is 28.4 Å². The van der Waals surface area contributed by atoms with Crippen molar-refractivity contribution in [2.24, 2.45) is 5.92 Å². The van der Waals surface area contributed by atoms with Crippen LogP contribution in [-0.4, -0.2) is 92.3 Å². The lowest BCUT2D eigenvalue weighted by molar-refractivity contribution is -0.118. The molecule has 0 aliphatic heterocycles. The highest BCUT2D eigenvalue weighted by Crippen LogP contribution is 2.39. The summed E-state index contributed by atoms with van der Waals surface area (Å²) in [6.45, 7) is 5.15. The van der Waals surface area contributed by atoms with E-state index in [9.17, 15) is 9.18 Å². The van der Waals surface area contributed by atoms with Crippen molar-refractivity contribution in [1.29, 1.82) is 0 Å². The second-order valence-corrected chi connectivity index (χ2v) is 11.7. The average molecular weight is 643 g/mol. The van der Waals surface area contributed by atoms with Gasteiger partial charge in [-0.15, -0.1) is 16.4 Å². The Morgan fingerprint density at radius 1 is 0.933 bits per heavy atom. The van der Waals surface area contributed by atoms with Gasteiger partial charge in [-0.05, 0) is 42.5 Å². The van der Waals surface area contributed by atoms with E-state index in [2.05, 4.69) is 15.3 Å². The van der Waals surface area contributed by atoms with Gasteiger partial charge in [-0.1, -0.05) is 11.3 Å². The Labute approximate surface area is 265 Å². The average Bonchev–Trinajstić information content (AvgIpc) is 3.52. The zero-order valence-electron chi connectivity index (χ0n) is 25.5. The number of hydrogen-bond acceptors (Lipinski definition) is 11. The van der Waals surface area contributed by atoms with Crippen molar-refractivity contribution in [3.05, 3.63) is 54.1 Å². The number of hydrogen-bond donors (Lipinski definition) is 0. The molecule has 1 fully saturated rings. The number of rotatable bonds is 22. The van der Waals surface area contributed by atoms with Crippen molar-refractivity contribution in [3.8, 4) is 22.1 Å². The SMILES string of the molecule is COCCOCCOCCOCCOCCn1cc(-c2cc3nccc(Oc4ccc(CC(=O)CC5CC5)cc4F)c3s2)nn1. The maximum absolute atomic E-state index is 14.9. The van der Waals surface area contributed by atoms with Gasteiger partial charge in [-0.3, -0.25) is 9.78 Å². The van der Waals surface area contributed by atoms with Gasteiger partial charge in [-0.25, -0.2) is 9.07 Å². The van der Waals surface area contributed by atoms with Gasteiger partial charge in [0.25, 0.3) is 0 Å². The molecule has 0 N–H and O–H groups in total. The normalized spacial score (nSPS) is 13.1. The predicted octanol–water partition coefficient (Wildman–Crippen LogP) is 5.11. The molecular weight excluding hydrogens is 603 g/mol. The molecule has 0 radical (unpaired) electrons. The molecule has 1 aliphatic carbocycles. The lowest BCUT2D eigenvalue weighted by atomic mass is 10.0. The number of ketones is 1. The summed E-state index contributed by atoms with van der Waals surface area (Å²) in [5, 5.41) is 8.52. The molecule has 1 aromatic carbocycles. The van der Waals surface area contributed by atoms with Crippen molar-refractivity contribution < 1.29 is 37.6 Å². The summed E-state index contributed by atoms with van der Waals surface area (Å²) in [7, 11) is 1.64. The number of Topliss-reactive ketones (excluding diaryl/α,β-unsaturated/α-hetero) is 1. The minimum atomic E-state index is -0.505. The molecule has 0 unspecified atom stereocenters. The van der Waals surface area contributed by atoms with Crippen LogP contribution in [0.25, 0.3) is 20.8 Å². The summed E-state index contributed by atoms with van der Waals surface area (Å²) in [4.78, 5) is 17.5. The smallest absolute Gasteiger partial charge is 0.166 e. The van der Waals surface area contributed by atoms with Gasteiger partial charge in [0.2, 0.25) is 0 Å². The molecule has 1 saturated carbocycles. The first-order chi connectivity index (χ1) is 22.1. The number of carbonyl (C=O) groups is 1. The van der Waals surface area contributed by atoms with Gasteiger partial charge in [0.15, 0.2) is 11.6 Å². The van der Waals surface area contributed by atoms with Gasteiger partial charge in [0, 0.05) is 32.2 Å². The Morgan fingerprint density at radius 3 is 2.33 bits per heavy atom. The van der Waals surface area contributed by atoms with E-state index in [4.69, 9.17) is 28.4 Å². The van der Waals surface area contributed by atoms with Crippen LogP contribution in [0.3, 0.4) is 0 Å². The molecule has 3 aromatic heterocycles. The van der Waals surface area contributed by atoms with Gasteiger partial charge in [0.05, 0.1) is 87.3 Å². The molecule has 3 heterocycles. The van der Waals surface area contributed by atoms with Crippen LogP contribution in [0.5, 0.6) is 11.5 Å². The molecule has 242 valence electrons. The third-order valence-electron chi connectivity index (χ3n) is 7.01. The summed E-state index contributed by atoms with van der Waals surface area (Å²) in [5.41, 5.74) is 2.07. The van der Waals surface area contributed by atoms with E-state index in [0.717, 1.165) is 22.4 Å². The first-order valence-corrected chi connectivity index (χ1v) is 16.0. The van der Waals surface area contributed by atoms with E-state index in [1.54, 1.807) is 36.2 Å². The molecule has 1 aliphatic rings. The van der Waals surface area contributed by atoms with Gasteiger partial charge >= 0.3 is 0 Å². The van der Waals surface area contributed by atoms with Crippen molar-refractivity contribution in [3.63, 3.8) is 0 Å². The highest BCUT2D eigenvalue weighted by atomic mass is 32.1. The molecule has 0 spiro atoms. The Morgan fingerprint density at radius 2 is 1.64 bits per heavy atom. The van der Waals surface area contributed by atoms with E-state index in [1.807, 2.05) is 12.3 Å². The number of halogens is 1. The predicted molar refractivity (Wildman–Crippen MR) is 166 cm³/mol. The lowest BCUT2D eigenvalue weighted by Gasteiger charge is -2.09.